The van der Waals surface area contributed by atoms with Crippen LogP contribution in [0, 0.1) is 22.7 Å². The number of aliphatic hydroxyl groups is 1. The minimum absolute atomic E-state index is 0.0463. The van der Waals surface area contributed by atoms with E-state index in [0.717, 1.165) is 18.8 Å². The van der Waals surface area contributed by atoms with Crippen LogP contribution in [0.3, 0.4) is 0 Å². The van der Waals surface area contributed by atoms with Crippen molar-refractivity contribution in [3.05, 3.63) is 29.3 Å². The molecule has 0 aliphatic heterocycles. The molecular formula is C19H24O2. The van der Waals surface area contributed by atoms with E-state index in [9.17, 15) is 10.2 Å². The predicted octanol–water partition coefficient (Wildman–Crippen LogP) is 3.61. The van der Waals surface area contributed by atoms with E-state index >= 15 is 0 Å². The summed E-state index contributed by atoms with van der Waals surface area (Å²) in [5.74, 6) is 2.41. The van der Waals surface area contributed by atoms with E-state index in [2.05, 4.69) is 13.0 Å². The molecule has 1 spiro atoms. The Balaban J connectivity index is 1.59. The zero-order chi connectivity index (χ0) is 14.4. The Morgan fingerprint density at radius 1 is 1.14 bits per heavy atom. The SMILES string of the molecule is C[C@]12CC[C@@H]3c4ccc(O)cc4CC[C@H]3[C@@]13C[C@H]3[C@H](O)C2. The van der Waals surface area contributed by atoms with Crippen LogP contribution in [0.1, 0.15) is 56.1 Å². The van der Waals surface area contributed by atoms with Gasteiger partial charge in [0.1, 0.15) is 5.75 Å². The summed E-state index contributed by atoms with van der Waals surface area (Å²) in [7, 11) is 0. The van der Waals surface area contributed by atoms with Crippen molar-refractivity contribution in [2.45, 2.75) is 57.5 Å². The maximum absolute atomic E-state index is 10.4. The first-order valence-corrected chi connectivity index (χ1v) is 8.55. The highest BCUT2D eigenvalue weighted by Gasteiger charge is 2.76. The van der Waals surface area contributed by atoms with Crippen LogP contribution in [0.5, 0.6) is 5.75 Å². The molecule has 2 N–H and O–H groups in total. The van der Waals surface area contributed by atoms with Gasteiger partial charge in [0.25, 0.3) is 0 Å². The van der Waals surface area contributed by atoms with Crippen molar-refractivity contribution in [2.75, 3.05) is 0 Å². The number of phenolic OH excluding ortho intramolecular Hbond substituents is 1. The van der Waals surface area contributed by atoms with Gasteiger partial charge >= 0.3 is 0 Å². The van der Waals surface area contributed by atoms with Crippen LogP contribution in [-0.2, 0) is 6.42 Å². The second kappa shape index (κ2) is 3.65. The lowest BCUT2D eigenvalue weighted by atomic mass is 9.53. The number of rotatable bonds is 0. The van der Waals surface area contributed by atoms with Gasteiger partial charge in [-0.3, -0.25) is 0 Å². The number of aryl methyl sites for hydroxylation is 1. The Bertz CT molecular complexity index is 624. The summed E-state index contributed by atoms with van der Waals surface area (Å²) in [5.41, 5.74) is 3.68. The largest absolute Gasteiger partial charge is 0.508 e. The highest BCUT2D eigenvalue weighted by Crippen LogP contribution is 2.81. The van der Waals surface area contributed by atoms with Crippen LogP contribution in [-0.4, -0.2) is 16.3 Å². The summed E-state index contributed by atoms with van der Waals surface area (Å²) in [4.78, 5) is 0. The molecule has 0 unspecified atom stereocenters. The Morgan fingerprint density at radius 2 is 2.00 bits per heavy atom. The number of fused-ring (bicyclic) bond motifs is 3. The molecule has 3 saturated carbocycles. The standard InChI is InChI=1S/C19H24O2/c1-18-7-6-14-13-4-3-12(20)8-11(13)2-5-15(14)19(18)9-16(19)17(21)10-18/h3-4,8,14-17,20-21H,2,5-7,9-10H2,1H3/t14-,15-,16+,17-,18-,19-/m1/s1. The molecule has 2 nitrogen and oxygen atoms in total. The molecule has 3 fully saturated rings. The molecule has 0 radical (unpaired) electrons. The average molecular weight is 284 g/mol. The fraction of sp³-hybridized carbons (Fsp3) is 0.684. The van der Waals surface area contributed by atoms with Crippen molar-refractivity contribution in [1.29, 1.82) is 0 Å². The number of phenols is 1. The summed E-state index contributed by atoms with van der Waals surface area (Å²) < 4.78 is 0. The molecular weight excluding hydrogens is 260 g/mol. The van der Waals surface area contributed by atoms with Gasteiger partial charge in [0, 0.05) is 0 Å². The minimum atomic E-state index is -0.0463. The third-order valence-corrected chi connectivity index (χ3v) is 7.71. The van der Waals surface area contributed by atoms with Gasteiger partial charge in [-0.1, -0.05) is 13.0 Å². The van der Waals surface area contributed by atoms with E-state index in [0.29, 0.717) is 28.4 Å². The number of hydrogen-bond acceptors (Lipinski definition) is 2. The molecule has 112 valence electrons. The molecule has 0 saturated heterocycles. The maximum atomic E-state index is 10.4. The fourth-order valence-electron chi connectivity index (χ4n) is 6.83. The molecule has 4 aliphatic rings. The lowest BCUT2D eigenvalue weighted by molar-refractivity contribution is 0.0171. The first kappa shape index (κ1) is 12.5. The van der Waals surface area contributed by atoms with Crippen molar-refractivity contribution < 1.29 is 10.2 Å². The summed E-state index contributed by atoms with van der Waals surface area (Å²) in [6.45, 7) is 2.45. The second-order valence-electron chi connectivity index (χ2n) is 8.36. The number of aromatic hydroxyl groups is 1. The smallest absolute Gasteiger partial charge is 0.115 e. The topological polar surface area (TPSA) is 40.5 Å². The first-order valence-electron chi connectivity index (χ1n) is 8.55. The summed E-state index contributed by atoms with van der Waals surface area (Å²) in [6, 6.07) is 6.01. The van der Waals surface area contributed by atoms with E-state index in [1.54, 1.807) is 0 Å². The summed E-state index contributed by atoms with van der Waals surface area (Å²) in [5, 5.41) is 20.2. The molecule has 0 amide bonds. The highest BCUT2D eigenvalue weighted by molar-refractivity contribution is 5.42. The average Bonchev–Trinajstić information content (AvgIpc) is 3.15. The van der Waals surface area contributed by atoms with Crippen LogP contribution >= 0.6 is 0 Å². The van der Waals surface area contributed by atoms with Gasteiger partial charge in [-0.15, -0.1) is 0 Å². The van der Waals surface area contributed by atoms with Crippen molar-refractivity contribution in [3.63, 3.8) is 0 Å². The number of hydrogen-bond donors (Lipinski definition) is 2. The third-order valence-electron chi connectivity index (χ3n) is 7.71. The van der Waals surface area contributed by atoms with E-state index in [-0.39, 0.29) is 6.10 Å². The monoisotopic (exact) mass is 284 g/mol. The van der Waals surface area contributed by atoms with E-state index in [1.165, 1.54) is 36.8 Å². The van der Waals surface area contributed by atoms with Crippen LogP contribution < -0.4 is 0 Å². The molecule has 21 heavy (non-hydrogen) atoms. The molecule has 1 aromatic carbocycles. The van der Waals surface area contributed by atoms with E-state index < -0.39 is 0 Å². The van der Waals surface area contributed by atoms with Crippen molar-refractivity contribution in [2.24, 2.45) is 22.7 Å². The van der Waals surface area contributed by atoms with Crippen LogP contribution in [0.15, 0.2) is 18.2 Å². The molecule has 1 aromatic rings. The van der Waals surface area contributed by atoms with Gasteiger partial charge in [0.15, 0.2) is 0 Å². The summed E-state index contributed by atoms with van der Waals surface area (Å²) in [6.07, 6.45) is 7.13. The molecule has 0 aromatic heterocycles. The lowest BCUT2D eigenvalue weighted by Gasteiger charge is -2.51. The first-order chi connectivity index (χ1) is 10.1. The molecule has 4 aliphatic carbocycles. The maximum Gasteiger partial charge on any atom is 0.115 e. The van der Waals surface area contributed by atoms with Gasteiger partial charge in [0.2, 0.25) is 0 Å². The number of aliphatic hydroxyl groups excluding tert-OH is 1. The van der Waals surface area contributed by atoms with Gasteiger partial charge in [-0.25, -0.2) is 0 Å². The van der Waals surface area contributed by atoms with Crippen LogP contribution in [0.2, 0.25) is 0 Å². The molecule has 2 heteroatoms. The van der Waals surface area contributed by atoms with Crippen molar-refractivity contribution >= 4 is 0 Å². The van der Waals surface area contributed by atoms with Gasteiger partial charge in [0.05, 0.1) is 6.10 Å². The molecule has 0 bridgehead atoms. The Kier molecular flexibility index (Phi) is 2.18. The lowest BCUT2D eigenvalue weighted by Crippen LogP contribution is -2.43. The Hall–Kier alpha value is -1.02. The van der Waals surface area contributed by atoms with Gasteiger partial charge in [-0.05, 0) is 90.4 Å². The Morgan fingerprint density at radius 3 is 2.81 bits per heavy atom. The normalized spacial score (nSPS) is 49.8. The predicted molar refractivity (Wildman–Crippen MR) is 81.2 cm³/mol. The van der Waals surface area contributed by atoms with Gasteiger partial charge < -0.3 is 10.2 Å². The molecule has 5 rings (SSSR count). The molecule has 6 atom stereocenters. The third kappa shape index (κ3) is 1.34. The van der Waals surface area contributed by atoms with Crippen LogP contribution in [0.25, 0.3) is 0 Å². The van der Waals surface area contributed by atoms with Gasteiger partial charge in [-0.2, -0.15) is 0 Å². The highest BCUT2D eigenvalue weighted by atomic mass is 16.3. The quantitative estimate of drug-likeness (QED) is 0.764. The minimum Gasteiger partial charge on any atom is -0.508 e. The molecule has 0 heterocycles. The Labute approximate surface area is 126 Å². The van der Waals surface area contributed by atoms with E-state index in [1.807, 2.05) is 12.1 Å². The summed E-state index contributed by atoms with van der Waals surface area (Å²) >= 11 is 0. The van der Waals surface area contributed by atoms with Crippen molar-refractivity contribution in [3.8, 4) is 5.75 Å². The van der Waals surface area contributed by atoms with Crippen LogP contribution in [0.4, 0.5) is 0 Å². The van der Waals surface area contributed by atoms with Crippen molar-refractivity contribution in [1.82, 2.24) is 0 Å². The second-order valence-corrected chi connectivity index (χ2v) is 8.36. The zero-order valence-electron chi connectivity index (χ0n) is 12.7. The zero-order valence-corrected chi connectivity index (χ0v) is 12.7. The fourth-order valence-corrected chi connectivity index (χ4v) is 6.83. The number of benzene rings is 1. The van der Waals surface area contributed by atoms with E-state index in [4.69, 9.17) is 0 Å².